The Balaban J connectivity index is 0.000000188. The zero-order valence-electron chi connectivity index (χ0n) is 15.5. The molecule has 3 aromatic heterocycles. The maximum absolute atomic E-state index is 4.28. The molecule has 0 radical (unpaired) electrons. The lowest BCUT2D eigenvalue weighted by molar-refractivity contribution is 1.11. The Morgan fingerprint density at radius 3 is 2.24 bits per heavy atom. The molecule has 5 rings (SSSR count). The van der Waals surface area contributed by atoms with Gasteiger partial charge in [0.2, 0.25) is 0 Å². The van der Waals surface area contributed by atoms with E-state index in [1.165, 1.54) is 4.70 Å². The molecule has 0 atom stereocenters. The lowest BCUT2D eigenvalue weighted by Crippen LogP contribution is -1.81. The Hall–Kier alpha value is -3.77. The molecule has 0 unspecified atom stereocenters. The van der Waals surface area contributed by atoms with Gasteiger partial charge in [0.25, 0.3) is 0 Å². The lowest BCUT2D eigenvalue weighted by Gasteiger charge is -2.03. The van der Waals surface area contributed by atoms with Crippen LogP contribution in [0.1, 0.15) is 0 Å². The molecule has 0 fully saturated rings. The van der Waals surface area contributed by atoms with Gasteiger partial charge in [0, 0.05) is 18.0 Å². The third-order valence-electron chi connectivity index (χ3n) is 4.00. The standard InChI is InChI=1S/C16H12N4.C7H5NS/c1-2-7-13(8-3-1)14-9-6-12-18-16(14)20-19-15-10-4-5-11-17-15;1-2-4-7-6(3-1)8-5-9-7/h1-12H;1-5H. The summed E-state index contributed by atoms with van der Waals surface area (Å²) >= 11 is 1.68. The molecule has 3 heterocycles. The molecule has 0 aliphatic rings. The number of pyridine rings is 2. The zero-order chi connectivity index (χ0) is 19.7. The van der Waals surface area contributed by atoms with Crippen molar-refractivity contribution >= 4 is 33.2 Å². The van der Waals surface area contributed by atoms with Crippen LogP contribution < -0.4 is 0 Å². The van der Waals surface area contributed by atoms with Crippen molar-refractivity contribution in [2.75, 3.05) is 0 Å². The zero-order valence-corrected chi connectivity index (χ0v) is 16.3. The molecular formula is C23H17N5S. The van der Waals surface area contributed by atoms with Crippen LogP contribution in [0.2, 0.25) is 0 Å². The van der Waals surface area contributed by atoms with Gasteiger partial charge in [-0.2, -0.15) is 0 Å². The van der Waals surface area contributed by atoms with E-state index in [4.69, 9.17) is 0 Å². The van der Waals surface area contributed by atoms with Gasteiger partial charge < -0.3 is 0 Å². The minimum absolute atomic E-state index is 0.567. The first-order chi connectivity index (χ1) is 14.4. The van der Waals surface area contributed by atoms with Crippen molar-refractivity contribution in [2.45, 2.75) is 0 Å². The van der Waals surface area contributed by atoms with E-state index in [0.29, 0.717) is 11.6 Å². The molecular weight excluding hydrogens is 378 g/mol. The van der Waals surface area contributed by atoms with Gasteiger partial charge in [0.05, 0.1) is 15.7 Å². The van der Waals surface area contributed by atoms with E-state index in [9.17, 15) is 0 Å². The summed E-state index contributed by atoms with van der Waals surface area (Å²) in [6.07, 6.45) is 3.39. The molecule has 0 spiro atoms. The van der Waals surface area contributed by atoms with Crippen molar-refractivity contribution in [2.24, 2.45) is 10.2 Å². The van der Waals surface area contributed by atoms with Crippen LogP contribution in [0.25, 0.3) is 21.3 Å². The second-order valence-electron chi connectivity index (χ2n) is 5.95. The number of para-hydroxylation sites is 1. The molecule has 6 heteroatoms. The van der Waals surface area contributed by atoms with Gasteiger partial charge in [-0.3, -0.25) is 0 Å². The first-order valence-corrected chi connectivity index (χ1v) is 9.89. The third-order valence-corrected chi connectivity index (χ3v) is 4.81. The molecule has 0 saturated carbocycles. The first kappa shape index (κ1) is 18.6. The Labute approximate surface area is 172 Å². The Kier molecular flexibility index (Phi) is 6.05. The van der Waals surface area contributed by atoms with Crippen LogP contribution in [0.5, 0.6) is 0 Å². The minimum atomic E-state index is 0.567. The summed E-state index contributed by atoms with van der Waals surface area (Å²) in [5, 5.41) is 8.32. The second kappa shape index (κ2) is 9.43. The molecule has 5 aromatic rings. The number of benzene rings is 2. The summed E-state index contributed by atoms with van der Waals surface area (Å²) in [6, 6.07) is 27.5. The number of thiazole rings is 1. The van der Waals surface area contributed by atoms with E-state index in [1.807, 2.05) is 78.3 Å². The first-order valence-electron chi connectivity index (χ1n) is 9.01. The van der Waals surface area contributed by atoms with Crippen molar-refractivity contribution in [1.82, 2.24) is 15.0 Å². The van der Waals surface area contributed by atoms with Gasteiger partial charge in [-0.25, -0.2) is 15.0 Å². The fourth-order valence-corrected chi connectivity index (χ4v) is 3.31. The highest BCUT2D eigenvalue weighted by atomic mass is 32.1. The van der Waals surface area contributed by atoms with Crippen LogP contribution in [0, 0.1) is 0 Å². The van der Waals surface area contributed by atoms with E-state index < -0.39 is 0 Å². The molecule has 0 bridgehead atoms. The topological polar surface area (TPSA) is 63.4 Å². The summed E-state index contributed by atoms with van der Waals surface area (Å²) in [6.45, 7) is 0. The van der Waals surface area contributed by atoms with Crippen LogP contribution in [0.4, 0.5) is 11.6 Å². The van der Waals surface area contributed by atoms with Gasteiger partial charge in [0.15, 0.2) is 11.6 Å². The highest BCUT2D eigenvalue weighted by Gasteiger charge is 2.04. The highest BCUT2D eigenvalue weighted by molar-refractivity contribution is 7.16. The maximum atomic E-state index is 4.28. The monoisotopic (exact) mass is 395 g/mol. The Morgan fingerprint density at radius 2 is 1.41 bits per heavy atom. The molecule has 0 amide bonds. The van der Waals surface area contributed by atoms with E-state index >= 15 is 0 Å². The molecule has 5 nitrogen and oxygen atoms in total. The second-order valence-corrected chi connectivity index (χ2v) is 6.83. The minimum Gasteiger partial charge on any atom is -0.245 e. The van der Waals surface area contributed by atoms with Crippen LogP contribution >= 0.6 is 11.3 Å². The summed E-state index contributed by atoms with van der Waals surface area (Å²) in [7, 11) is 0. The Morgan fingerprint density at radius 1 is 0.621 bits per heavy atom. The number of hydrogen-bond acceptors (Lipinski definition) is 6. The molecule has 0 saturated heterocycles. The lowest BCUT2D eigenvalue weighted by atomic mass is 10.1. The van der Waals surface area contributed by atoms with Gasteiger partial charge in [-0.15, -0.1) is 21.6 Å². The molecule has 0 N–H and O–H groups in total. The van der Waals surface area contributed by atoms with Crippen LogP contribution in [0.15, 0.2) is 113 Å². The summed E-state index contributed by atoms with van der Waals surface area (Å²) < 4.78 is 1.26. The van der Waals surface area contributed by atoms with Gasteiger partial charge in [-0.1, -0.05) is 48.5 Å². The molecule has 0 aliphatic carbocycles. The predicted molar refractivity (Wildman–Crippen MR) is 118 cm³/mol. The number of nitrogens with zero attached hydrogens (tertiary/aromatic N) is 5. The third kappa shape index (κ3) is 4.94. The van der Waals surface area contributed by atoms with Crippen molar-refractivity contribution in [1.29, 1.82) is 0 Å². The quantitative estimate of drug-likeness (QED) is 0.314. The van der Waals surface area contributed by atoms with Crippen LogP contribution in [-0.4, -0.2) is 15.0 Å². The predicted octanol–water partition coefficient (Wildman–Crippen LogP) is 6.86. The van der Waals surface area contributed by atoms with E-state index in [1.54, 1.807) is 29.8 Å². The van der Waals surface area contributed by atoms with Crippen LogP contribution in [0.3, 0.4) is 0 Å². The highest BCUT2D eigenvalue weighted by Crippen LogP contribution is 2.28. The number of aromatic nitrogens is 3. The Bertz CT molecular complexity index is 1170. The number of rotatable bonds is 3. The van der Waals surface area contributed by atoms with E-state index in [2.05, 4.69) is 31.2 Å². The fourth-order valence-electron chi connectivity index (χ4n) is 2.63. The maximum Gasteiger partial charge on any atom is 0.182 e. The number of azo groups is 1. The van der Waals surface area contributed by atoms with E-state index in [-0.39, 0.29) is 0 Å². The van der Waals surface area contributed by atoms with Crippen molar-refractivity contribution in [3.05, 3.63) is 103 Å². The average molecular weight is 395 g/mol. The summed E-state index contributed by atoms with van der Waals surface area (Å²) in [5.74, 6) is 1.15. The molecule has 29 heavy (non-hydrogen) atoms. The molecule has 140 valence electrons. The number of fused-ring (bicyclic) bond motifs is 1. The summed E-state index contributed by atoms with van der Waals surface area (Å²) in [4.78, 5) is 12.5. The average Bonchev–Trinajstić information content (AvgIpc) is 3.29. The normalized spacial score (nSPS) is 10.6. The van der Waals surface area contributed by atoms with Crippen molar-refractivity contribution in [3.63, 3.8) is 0 Å². The van der Waals surface area contributed by atoms with E-state index in [0.717, 1.165) is 16.6 Å². The SMILES string of the molecule is c1ccc(-c2cccnc2N=Nc2ccccn2)cc1.c1ccc2scnc2c1. The summed E-state index contributed by atoms with van der Waals surface area (Å²) in [5.41, 5.74) is 4.98. The molecule has 0 aliphatic heterocycles. The van der Waals surface area contributed by atoms with Gasteiger partial charge >= 0.3 is 0 Å². The largest absolute Gasteiger partial charge is 0.245 e. The molecule has 2 aromatic carbocycles. The number of hydrogen-bond donors (Lipinski definition) is 0. The van der Waals surface area contributed by atoms with Gasteiger partial charge in [0.1, 0.15) is 0 Å². The smallest absolute Gasteiger partial charge is 0.182 e. The van der Waals surface area contributed by atoms with Crippen molar-refractivity contribution < 1.29 is 0 Å². The van der Waals surface area contributed by atoms with Crippen molar-refractivity contribution in [3.8, 4) is 11.1 Å². The van der Waals surface area contributed by atoms with Gasteiger partial charge in [-0.05, 0) is 42.0 Å². The fraction of sp³-hybridized carbons (Fsp3) is 0. The van der Waals surface area contributed by atoms with Crippen LogP contribution in [-0.2, 0) is 0 Å².